The van der Waals surface area contributed by atoms with Crippen molar-refractivity contribution in [2.45, 2.75) is 26.0 Å². The van der Waals surface area contributed by atoms with E-state index in [4.69, 9.17) is 4.42 Å². The summed E-state index contributed by atoms with van der Waals surface area (Å²) in [5.41, 5.74) is 2.43. The van der Waals surface area contributed by atoms with E-state index in [0.29, 0.717) is 11.3 Å². The molecular formula is C22H19F3INO2Si. The van der Waals surface area contributed by atoms with Crippen molar-refractivity contribution in [3.05, 3.63) is 60.7 Å². The average molecular weight is 541 g/mol. The van der Waals surface area contributed by atoms with Crippen molar-refractivity contribution in [2.75, 3.05) is 3.11 Å². The van der Waals surface area contributed by atoms with Crippen LogP contribution in [0.4, 0.5) is 24.5 Å². The van der Waals surface area contributed by atoms with Crippen LogP contribution in [-0.2, 0) is 0 Å². The summed E-state index contributed by atoms with van der Waals surface area (Å²) in [6.07, 6.45) is -4.77. The fourth-order valence-electron chi connectivity index (χ4n) is 3.51. The number of hydrogen-bond acceptors (Lipinski definition) is 3. The molecule has 0 aliphatic carbocycles. The van der Waals surface area contributed by atoms with Crippen molar-refractivity contribution < 1.29 is 22.3 Å². The first-order valence-electron chi connectivity index (χ1n) is 9.32. The Hall–Kier alpha value is -2.20. The summed E-state index contributed by atoms with van der Waals surface area (Å²) in [5, 5.41) is 3.15. The van der Waals surface area contributed by atoms with Gasteiger partial charge >= 0.3 is 6.36 Å². The first-order valence-corrected chi connectivity index (χ1v) is 13.8. The van der Waals surface area contributed by atoms with E-state index in [-0.39, 0.29) is 11.4 Å². The molecule has 4 aromatic rings. The minimum absolute atomic E-state index is 0.268. The van der Waals surface area contributed by atoms with Gasteiger partial charge in [0.15, 0.2) is 11.3 Å². The largest absolute Gasteiger partial charge is 0.573 e. The second-order valence-electron chi connectivity index (χ2n) is 7.98. The predicted molar refractivity (Wildman–Crippen MR) is 126 cm³/mol. The number of fused-ring (bicyclic) bond motifs is 3. The first-order chi connectivity index (χ1) is 14.1. The van der Waals surface area contributed by atoms with Gasteiger partial charge in [0.1, 0.15) is 5.58 Å². The molecule has 0 fully saturated rings. The Bertz CT molecular complexity index is 1230. The molecule has 1 heterocycles. The molecule has 0 spiro atoms. The van der Waals surface area contributed by atoms with Gasteiger partial charge in [0.05, 0.1) is 42.3 Å². The quantitative estimate of drug-likeness (QED) is 0.152. The Balaban J connectivity index is 1.91. The van der Waals surface area contributed by atoms with Gasteiger partial charge in [-0.2, -0.15) is 0 Å². The summed E-state index contributed by atoms with van der Waals surface area (Å²) < 4.78 is 50.9. The molecule has 0 aliphatic heterocycles. The normalized spacial score (nSPS) is 12.5. The van der Waals surface area contributed by atoms with E-state index in [1.807, 2.05) is 53.2 Å². The maximum Gasteiger partial charge on any atom is 0.573 e. The van der Waals surface area contributed by atoms with Gasteiger partial charge in [0.25, 0.3) is 0 Å². The van der Waals surface area contributed by atoms with Gasteiger partial charge in [0.2, 0.25) is 0 Å². The van der Waals surface area contributed by atoms with Crippen LogP contribution in [0.25, 0.3) is 21.9 Å². The van der Waals surface area contributed by atoms with Gasteiger partial charge in [0, 0.05) is 10.8 Å². The van der Waals surface area contributed by atoms with Crippen molar-refractivity contribution in [2.24, 2.45) is 0 Å². The van der Waals surface area contributed by atoms with Crippen LogP contribution in [0.1, 0.15) is 0 Å². The molecule has 1 aromatic heterocycles. The minimum atomic E-state index is -4.77. The summed E-state index contributed by atoms with van der Waals surface area (Å²) in [7, 11) is -1.66. The molecule has 0 saturated carbocycles. The van der Waals surface area contributed by atoms with Crippen LogP contribution < -0.4 is 13.0 Å². The third-order valence-electron chi connectivity index (χ3n) is 4.83. The number of rotatable bonds is 4. The summed E-state index contributed by atoms with van der Waals surface area (Å²) in [4.78, 5) is 0. The number of para-hydroxylation sites is 4. The molecule has 0 aliphatic rings. The smallest absolute Gasteiger partial charge is 0.454 e. The number of furan rings is 1. The van der Waals surface area contributed by atoms with Crippen LogP contribution in [-0.4, -0.2) is 14.4 Å². The van der Waals surface area contributed by atoms with Gasteiger partial charge < -0.3 is 9.15 Å². The molecule has 30 heavy (non-hydrogen) atoms. The Labute approximate surface area is 186 Å². The van der Waals surface area contributed by atoms with E-state index in [1.54, 1.807) is 15.2 Å². The van der Waals surface area contributed by atoms with Crippen LogP contribution in [0.5, 0.6) is 5.75 Å². The Morgan fingerprint density at radius 1 is 0.833 bits per heavy atom. The monoisotopic (exact) mass is 541 g/mol. The fourth-order valence-corrected chi connectivity index (χ4v) is 5.75. The van der Waals surface area contributed by atoms with E-state index in [9.17, 15) is 13.2 Å². The van der Waals surface area contributed by atoms with E-state index < -0.39 is 14.4 Å². The average Bonchev–Trinajstić information content (AvgIpc) is 3.04. The molecule has 0 atom stereocenters. The second-order valence-corrected chi connectivity index (χ2v) is 14.0. The molecule has 0 N–H and O–H groups in total. The second kappa shape index (κ2) is 7.49. The molecule has 3 nitrogen and oxygen atoms in total. The molecule has 0 saturated heterocycles. The molecule has 0 unspecified atom stereocenters. The van der Waals surface area contributed by atoms with E-state index in [0.717, 1.165) is 16.4 Å². The van der Waals surface area contributed by atoms with Crippen LogP contribution in [0, 0.1) is 0 Å². The standard InChI is InChI=1S/C22H19F3INO2Si/c1-30(2,3)19-13-7-9-15-14-8-6-11-17(20(14)28-21(15)19)27(26)16-10-4-5-12-18(16)29-22(23,24)25/h4-13H,1-3H3. The Kier molecular flexibility index (Phi) is 5.25. The van der Waals surface area contributed by atoms with E-state index >= 15 is 0 Å². The zero-order chi connectivity index (χ0) is 21.7. The molecule has 156 valence electrons. The summed E-state index contributed by atoms with van der Waals surface area (Å²) in [6.45, 7) is 6.77. The predicted octanol–water partition coefficient (Wildman–Crippen LogP) is 7.52. The van der Waals surface area contributed by atoms with Crippen LogP contribution >= 0.6 is 22.9 Å². The Morgan fingerprint density at radius 2 is 1.43 bits per heavy atom. The van der Waals surface area contributed by atoms with Gasteiger partial charge in [-0.1, -0.05) is 62.1 Å². The van der Waals surface area contributed by atoms with Crippen molar-refractivity contribution >= 4 is 69.4 Å². The molecule has 8 heteroatoms. The molecular weight excluding hydrogens is 522 g/mol. The lowest BCUT2D eigenvalue weighted by atomic mass is 10.1. The lowest BCUT2D eigenvalue weighted by Gasteiger charge is -2.21. The third-order valence-corrected chi connectivity index (χ3v) is 7.87. The summed E-state index contributed by atoms with van der Waals surface area (Å²) >= 11 is 1.98. The SMILES string of the molecule is C[Si](C)(C)c1cccc2c1oc1c(N(I)c3ccccc3OC(F)(F)F)cccc12. The highest BCUT2D eigenvalue weighted by molar-refractivity contribution is 14.1. The highest BCUT2D eigenvalue weighted by Gasteiger charge is 2.33. The van der Waals surface area contributed by atoms with Crippen molar-refractivity contribution in [1.29, 1.82) is 0 Å². The maximum absolute atomic E-state index is 12.9. The van der Waals surface area contributed by atoms with Gasteiger partial charge in [-0.3, -0.25) is 3.11 Å². The highest BCUT2D eigenvalue weighted by atomic mass is 127. The van der Waals surface area contributed by atoms with Crippen LogP contribution in [0.3, 0.4) is 0 Å². The van der Waals surface area contributed by atoms with Crippen molar-refractivity contribution in [3.8, 4) is 5.75 Å². The zero-order valence-electron chi connectivity index (χ0n) is 16.5. The van der Waals surface area contributed by atoms with Gasteiger partial charge in [-0.05, 0) is 23.4 Å². The number of halogens is 4. The highest BCUT2D eigenvalue weighted by Crippen LogP contribution is 2.43. The number of nitrogens with zero attached hydrogens (tertiary/aromatic N) is 1. The number of ether oxygens (including phenoxy) is 1. The number of anilines is 2. The van der Waals surface area contributed by atoms with Crippen molar-refractivity contribution in [1.82, 2.24) is 0 Å². The summed E-state index contributed by atoms with van der Waals surface area (Å²) in [6, 6.07) is 17.9. The van der Waals surface area contributed by atoms with Crippen molar-refractivity contribution in [3.63, 3.8) is 0 Å². The number of hydrogen-bond donors (Lipinski definition) is 0. The zero-order valence-corrected chi connectivity index (χ0v) is 19.7. The topological polar surface area (TPSA) is 25.6 Å². The first kappa shape index (κ1) is 21.0. The minimum Gasteiger partial charge on any atom is -0.454 e. The molecule has 0 radical (unpaired) electrons. The van der Waals surface area contributed by atoms with Crippen LogP contribution in [0.2, 0.25) is 19.6 Å². The molecule has 0 bridgehead atoms. The van der Waals surface area contributed by atoms with E-state index in [1.165, 1.54) is 17.3 Å². The van der Waals surface area contributed by atoms with Crippen LogP contribution in [0.15, 0.2) is 65.1 Å². The molecule has 4 rings (SSSR count). The lowest BCUT2D eigenvalue weighted by Crippen LogP contribution is -2.37. The third kappa shape index (κ3) is 3.90. The lowest BCUT2D eigenvalue weighted by molar-refractivity contribution is -0.274. The van der Waals surface area contributed by atoms with Gasteiger partial charge in [-0.25, -0.2) is 0 Å². The van der Waals surface area contributed by atoms with E-state index in [2.05, 4.69) is 30.4 Å². The maximum atomic E-state index is 12.9. The number of benzene rings is 3. The number of alkyl halides is 3. The Morgan fingerprint density at radius 3 is 2.10 bits per heavy atom. The summed E-state index contributed by atoms with van der Waals surface area (Å²) in [5.74, 6) is -0.268. The van der Waals surface area contributed by atoms with Gasteiger partial charge in [-0.15, -0.1) is 13.2 Å². The molecule has 3 aromatic carbocycles. The molecule has 0 amide bonds. The fraction of sp³-hybridized carbons (Fsp3) is 0.182.